The third kappa shape index (κ3) is 8.99. The van der Waals surface area contributed by atoms with E-state index in [2.05, 4.69) is 15.2 Å². The normalized spacial score (nSPS) is 12.9. The van der Waals surface area contributed by atoms with Crippen molar-refractivity contribution in [3.05, 3.63) is 80.9 Å². The molecule has 0 aromatic heterocycles. The van der Waals surface area contributed by atoms with Crippen molar-refractivity contribution in [1.29, 1.82) is 0 Å². The zero-order valence-corrected chi connectivity index (χ0v) is 27.0. The second-order valence-electron chi connectivity index (χ2n) is 9.74. The van der Waals surface area contributed by atoms with Gasteiger partial charge in [0, 0.05) is 0 Å². The van der Waals surface area contributed by atoms with Crippen LogP contribution in [-0.2, 0) is 24.9 Å². The van der Waals surface area contributed by atoms with Gasteiger partial charge in [0.05, 0.1) is 21.8 Å². The Morgan fingerprint density at radius 3 is 2.05 bits per heavy atom. The summed E-state index contributed by atoms with van der Waals surface area (Å²) in [5.74, 6) is -0.456. The fraction of sp³-hybridized carbons (Fsp3) is 0.286. The Hall–Kier alpha value is -3.01. The lowest BCUT2D eigenvalue weighted by atomic mass is 10.0. The molecule has 3 aromatic rings. The van der Waals surface area contributed by atoms with E-state index in [0.29, 0.717) is 9.13 Å². The first-order valence-corrected chi connectivity index (χ1v) is 16.5. The van der Waals surface area contributed by atoms with Crippen LogP contribution in [0.1, 0.15) is 37.0 Å². The van der Waals surface area contributed by atoms with Crippen molar-refractivity contribution in [1.82, 2.24) is 10.1 Å². The smallest absolute Gasteiger partial charge is 0.339 e. The van der Waals surface area contributed by atoms with Crippen LogP contribution in [0.3, 0.4) is 0 Å². The molecule has 0 heterocycles. The van der Waals surface area contributed by atoms with Gasteiger partial charge in [-0.1, -0.05) is 49.2 Å². The number of amides is 1. The van der Waals surface area contributed by atoms with Crippen LogP contribution in [0.4, 0.5) is 0 Å². The van der Waals surface area contributed by atoms with Crippen LogP contribution in [-0.4, -0.2) is 42.1 Å². The van der Waals surface area contributed by atoms with Gasteiger partial charge in [-0.15, -0.1) is 0 Å². The molecule has 0 fully saturated rings. The molecule has 0 saturated heterocycles. The van der Waals surface area contributed by atoms with Crippen molar-refractivity contribution in [3.63, 3.8) is 0 Å². The third-order valence-corrected chi connectivity index (χ3v) is 9.32. The number of sulfonamides is 1. The number of rotatable bonds is 12. The molecule has 0 spiro atoms. The lowest BCUT2D eigenvalue weighted by Gasteiger charge is -2.19. The predicted octanol–water partition coefficient (Wildman–Crippen LogP) is 4.53. The molecule has 1 amide bonds. The van der Waals surface area contributed by atoms with E-state index in [9.17, 15) is 21.6 Å². The Balaban J connectivity index is 1.76. The van der Waals surface area contributed by atoms with Gasteiger partial charge in [-0.05, 0) is 90.7 Å². The fourth-order valence-electron chi connectivity index (χ4n) is 3.66. The highest BCUT2D eigenvalue weighted by molar-refractivity contribution is 14.1. The molecule has 10 nitrogen and oxygen atoms in total. The summed E-state index contributed by atoms with van der Waals surface area (Å²) in [4.78, 5) is 13.0. The third-order valence-electron chi connectivity index (χ3n) is 5.80. The van der Waals surface area contributed by atoms with Gasteiger partial charge >= 0.3 is 10.1 Å². The Labute approximate surface area is 254 Å². The molecule has 220 valence electrons. The monoisotopic (exact) mass is 713 g/mol. The van der Waals surface area contributed by atoms with Crippen molar-refractivity contribution in [2.75, 3.05) is 7.11 Å². The van der Waals surface area contributed by atoms with Crippen LogP contribution in [0, 0.1) is 23.3 Å². The Morgan fingerprint density at radius 2 is 1.51 bits per heavy atom. The second kappa shape index (κ2) is 13.8. The highest BCUT2D eigenvalue weighted by atomic mass is 127. The van der Waals surface area contributed by atoms with Crippen LogP contribution < -0.4 is 19.1 Å². The number of aryl methyl sites for hydroxylation is 2. The number of halogens is 1. The van der Waals surface area contributed by atoms with Gasteiger partial charge in [-0.2, -0.15) is 18.2 Å². The van der Waals surface area contributed by atoms with E-state index in [0.717, 1.165) is 11.1 Å². The number of nitrogens with zero attached hydrogens (tertiary/aromatic N) is 1. The maximum Gasteiger partial charge on any atom is 0.339 e. The number of hydrogen-bond donors (Lipinski definition) is 2. The van der Waals surface area contributed by atoms with Gasteiger partial charge in [0.2, 0.25) is 10.0 Å². The van der Waals surface area contributed by atoms with Crippen LogP contribution in [0.25, 0.3) is 0 Å². The Kier molecular flexibility index (Phi) is 10.9. The zero-order chi connectivity index (χ0) is 30.4. The molecule has 13 heteroatoms. The van der Waals surface area contributed by atoms with Crippen molar-refractivity contribution in [2.24, 2.45) is 11.0 Å². The highest BCUT2D eigenvalue weighted by Crippen LogP contribution is 2.35. The minimum atomic E-state index is -4.11. The average Bonchev–Trinajstić information content (AvgIpc) is 2.89. The standard InChI is InChI=1S/C28H32IN3O7S2/c1-18(2)14-25(32-40(34,35)22-10-6-19(3)7-11-22)28(33)31-30-17-21-15-24(29)27(26(16-21)38-5)39-41(36,37)23-12-8-20(4)9-13-23/h6-13,15-18,25,32H,14H2,1-5H3,(H,31,33)/b30-17-/t25-/m1/s1. The summed E-state index contributed by atoms with van der Waals surface area (Å²) in [5, 5.41) is 3.98. The van der Waals surface area contributed by atoms with Gasteiger partial charge in [0.15, 0.2) is 11.5 Å². The van der Waals surface area contributed by atoms with Crippen LogP contribution in [0.2, 0.25) is 0 Å². The van der Waals surface area contributed by atoms with E-state index >= 15 is 0 Å². The van der Waals surface area contributed by atoms with Crippen LogP contribution in [0.15, 0.2) is 75.6 Å². The minimum absolute atomic E-state index is 0.00302. The molecular weight excluding hydrogens is 681 g/mol. The topological polar surface area (TPSA) is 140 Å². The molecule has 0 radical (unpaired) electrons. The fourth-order valence-corrected chi connectivity index (χ4v) is 6.71. The SMILES string of the molecule is COc1cc(/C=N\NC(=O)[C@@H](CC(C)C)NS(=O)(=O)c2ccc(C)cc2)cc(I)c1OS(=O)(=O)c1ccc(C)cc1. The number of nitrogens with one attached hydrogen (secondary N) is 2. The number of ether oxygens (including phenoxy) is 1. The van der Waals surface area contributed by atoms with Crippen molar-refractivity contribution in [3.8, 4) is 11.5 Å². The summed E-state index contributed by atoms with van der Waals surface area (Å²) in [6, 6.07) is 14.6. The summed E-state index contributed by atoms with van der Waals surface area (Å²) in [6.07, 6.45) is 1.58. The summed E-state index contributed by atoms with van der Waals surface area (Å²) in [7, 11) is -6.69. The largest absolute Gasteiger partial charge is 0.493 e. The van der Waals surface area contributed by atoms with Gasteiger partial charge in [0.1, 0.15) is 10.9 Å². The summed E-state index contributed by atoms with van der Waals surface area (Å²) < 4.78 is 65.0. The summed E-state index contributed by atoms with van der Waals surface area (Å²) in [6.45, 7) is 7.45. The van der Waals surface area contributed by atoms with E-state index < -0.39 is 32.1 Å². The zero-order valence-electron chi connectivity index (χ0n) is 23.2. The number of carbonyl (C=O) groups excluding carboxylic acids is 1. The highest BCUT2D eigenvalue weighted by Gasteiger charge is 2.27. The summed E-state index contributed by atoms with van der Waals surface area (Å²) >= 11 is 1.92. The number of hydrogen-bond acceptors (Lipinski definition) is 8. The number of hydrazone groups is 1. The molecule has 1 atom stereocenters. The average molecular weight is 714 g/mol. The van der Waals surface area contributed by atoms with Gasteiger partial charge in [0.25, 0.3) is 5.91 Å². The van der Waals surface area contributed by atoms with Crippen molar-refractivity contribution in [2.45, 2.75) is 49.9 Å². The van der Waals surface area contributed by atoms with Crippen LogP contribution >= 0.6 is 22.6 Å². The first-order chi connectivity index (χ1) is 19.2. The van der Waals surface area contributed by atoms with Crippen molar-refractivity contribution < 1.29 is 30.6 Å². The Morgan fingerprint density at radius 1 is 0.951 bits per heavy atom. The molecule has 2 N–H and O–H groups in total. The maximum absolute atomic E-state index is 12.9. The van der Waals surface area contributed by atoms with E-state index in [4.69, 9.17) is 8.92 Å². The van der Waals surface area contributed by atoms with Crippen molar-refractivity contribution >= 4 is 54.9 Å². The van der Waals surface area contributed by atoms with Gasteiger partial charge < -0.3 is 8.92 Å². The molecule has 0 aliphatic carbocycles. The molecule has 41 heavy (non-hydrogen) atoms. The van der Waals surface area contributed by atoms with Crippen LogP contribution in [0.5, 0.6) is 11.5 Å². The molecule has 0 unspecified atom stereocenters. The number of carbonyl (C=O) groups is 1. The first-order valence-electron chi connectivity index (χ1n) is 12.5. The minimum Gasteiger partial charge on any atom is -0.493 e. The summed E-state index contributed by atoms with van der Waals surface area (Å²) in [5.41, 5.74) is 4.69. The first kappa shape index (κ1) is 32.5. The molecule has 3 aromatic carbocycles. The number of benzene rings is 3. The lowest BCUT2D eigenvalue weighted by molar-refractivity contribution is -0.123. The molecule has 0 bridgehead atoms. The van der Waals surface area contributed by atoms with E-state index in [1.807, 2.05) is 50.3 Å². The van der Waals surface area contributed by atoms with Gasteiger partial charge in [-0.3, -0.25) is 4.79 Å². The van der Waals surface area contributed by atoms with Gasteiger partial charge in [-0.25, -0.2) is 13.8 Å². The lowest BCUT2D eigenvalue weighted by Crippen LogP contribution is -2.46. The molecule has 0 aliphatic rings. The Bertz CT molecular complexity index is 1620. The quantitative estimate of drug-likeness (QED) is 0.122. The predicted molar refractivity (Wildman–Crippen MR) is 165 cm³/mol. The molecule has 0 aliphatic heterocycles. The number of methoxy groups -OCH3 is 1. The molecular formula is C28H32IN3O7S2. The second-order valence-corrected chi connectivity index (χ2v) is 14.2. The molecule has 3 rings (SSSR count). The maximum atomic E-state index is 12.9. The molecule has 0 saturated carbocycles. The van der Waals surface area contributed by atoms with E-state index in [1.54, 1.807) is 30.3 Å². The van der Waals surface area contributed by atoms with E-state index in [-0.39, 0.29) is 33.6 Å². The van der Waals surface area contributed by atoms with E-state index in [1.165, 1.54) is 43.7 Å².